The Morgan fingerprint density at radius 1 is 1.09 bits per heavy atom. The van der Waals surface area contributed by atoms with Crippen molar-refractivity contribution in [3.8, 4) is 5.75 Å². The van der Waals surface area contributed by atoms with Crippen molar-refractivity contribution in [3.63, 3.8) is 0 Å². The van der Waals surface area contributed by atoms with E-state index in [1.54, 1.807) is 37.5 Å². The molecule has 3 aromatic rings. The van der Waals surface area contributed by atoms with Crippen LogP contribution in [0.25, 0.3) is 6.08 Å². The van der Waals surface area contributed by atoms with Gasteiger partial charge in [-0.05, 0) is 66.2 Å². The number of methoxy groups -OCH3 is 1. The van der Waals surface area contributed by atoms with E-state index >= 15 is 0 Å². The lowest BCUT2D eigenvalue weighted by molar-refractivity contribution is -0.113. The molecule has 0 radical (unpaired) electrons. The first kappa shape index (κ1) is 21.7. The lowest BCUT2D eigenvalue weighted by Gasteiger charge is -2.15. The van der Waals surface area contributed by atoms with Crippen LogP contribution in [-0.2, 0) is 4.79 Å². The molecule has 1 aliphatic heterocycles. The molecule has 160 valence electrons. The molecule has 5 nitrogen and oxygen atoms in total. The maximum Gasteiger partial charge on any atom is 0.270 e. The van der Waals surface area contributed by atoms with Crippen LogP contribution < -0.4 is 15.0 Å². The van der Waals surface area contributed by atoms with Crippen LogP contribution in [-0.4, -0.2) is 23.2 Å². The Bertz CT molecular complexity index is 1220. The van der Waals surface area contributed by atoms with Gasteiger partial charge in [0.2, 0.25) is 0 Å². The molecule has 0 atom stereocenters. The monoisotopic (exact) mass is 464 g/mol. The topological polar surface area (TPSA) is 58.6 Å². The highest BCUT2D eigenvalue weighted by Crippen LogP contribution is 2.36. The van der Waals surface area contributed by atoms with Gasteiger partial charge in [-0.1, -0.05) is 42.2 Å². The summed E-state index contributed by atoms with van der Waals surface area (Å²) in [6.45, 7) is 0. The first-order valence-corrected chi connectivity index (χ1v) is 10.8. The van der Waals surface area contributed by atoms with Crippen molar-refractivity contribution in [2.75, 3.05) is 17.3 Å². The smallest absolute Gasteiger partial charge is 0.270 e. The quantitative estimate of drug-likeness (QED) is 0.400. The zero-order valence-corrected chi connectivity index (χ0v) is 18.5. The number of halogens is 1. The number of thiocarbonyl (C=S) groups is 1. The van der Waals surface area contributed by atoms with E-state index in [4.69, 9.17) is 17.0 Å². The third-order valence-corrected chi connectivity index (χ3v) is 5.98. The lowest BCUT2D eigenvalue weighted by atomic mass is 10.1. The Balaban J connectivity index is 1.54. The van der Waals surface area contributed by atoms with Gasteiger partial charge in [-0.2, -0.15) is 0 Å². The predicted molar refractivity (Wildman–Crippen MR) is 129 cm³/mol. The molecule has 0 aromatic heterocycles. The molecule has 1 aliphatic rings. The molecular weight excluding hydrogens is 447 g/mol. The number of hydrogen-bond acceptors (Lipinski definition) is 5. The first-order chi connectivity index (χ1) is 15.4. The highest BCUT2D eigenvalue weighted by molar-refractivity contribution is 8.27. The summed E-state index contributed by atoms with van der Waals surface area (Å²) in [5.74, 6) is -0.294. The van der Waals surface area contributed by atoms with Crippen molar-refractivity contribution in [2.45, 2.75) is 0 Å². The van der Waals surface area contributed by atoms with Crippen molar-refractivity contribution >= 4 is 57.6 Å². The van der Waals surface area contributed by atoms with E-state index in [1.165, 1.54) is 40.9 Å². The van der Waals surface area contributed by atoms with E-state index in [1.807, 2.05) is 24.3 Å². The number of amides is 2. The van der Waals surface area contributed by atoms with Crippen LogP contribution in [0.15, 0.2) is 77.7 Å². The number of rotatable bonds is 5. The summed E-state index contributed by atoms with van der Waals surface area (Å²) in [5, 5.41) is 2.71. The molecule has 1 fully saturated rings. The summed E-state index contributed by atoms with van der Waals surface area (Å²) in [7, 11) is 1.59. The number of nitrogens with one attached hydrogen (secondary N) is 1. The van der Waals surface area contributed by atoms with Crippen molar-refractivity contribution in [2.24, 2.45) is 0 Å². The zero-order valence-electron chi connectivity index (χ0n) is 16.9. The fourth-order valence-corrected chi connectivity index (χ4v) is 4.36. The van der Waals surface area contributed by atoms with Crippen LogP contribution in [0.5, 0.6) is 5.75 Å². The summed E-state index contributed by atoms with van der Waals surface area (Å²) in [6, 6.07) is 19.4. The first-order valence-electron chi connectivity index (χ1n) is 9.53. The van der Waals surface area contributed by atoms with Gasteiger partial charge in [-0.15, -0.1) is 0 Å². The van der Waals surface area contributed by atoms with Crippen LogP contribution in [0.1, 0.15) is 15.9 Å². The predicted octanol–water partition coefficient (Wildman–Crippen LogP) is 5.49. The Morgan fingerprint density at radius 2 is 1.81 bits per heavy atom. The van der Waals surface area contributed by atoms with Crippen LogP contribution in [0.3, 0.4) is 0 Å². The average Bonchev–Trinajstić information content (AvgIpc) is 3.08. The number of benzene rings is 3. The third-order valence-electron chi connectivity index (χ3n) is 4.68. The number of hydrogen-bond donors (Lipinski definition) is 1. The molecule has 0 aliphatic carbocycles. The van der Waals surface area contributed by atoms with Gasteiger partial charge in [-0.3, -0.25) is 14.5 Å². The van der Waals surface area contributed by atoms with Gasteiger partial charge in [0.25, 0.3) is 11.8 Å². The Kier molecular flexibility index (Phi) is 6.34. The van der Waals surface area contributed by atoms with Gasteiger partial charge < -0.3 is 10.1 Å². The molecule has 4 rings (SSSR count). The molecule has 0 unspecified atom stereocenters. The normalized spacial score (nSPS) is 14.7. The van der Waals surface area contributed by atoms with Gasteiger partial charge in [0.05, 0.1) is 17.7 Å². The Hall–Kier alpha value is -3.49. The molecule has 0 saturated carbocycles. The number of anilines is 2. The Morgan fingerprint density at radius 3 is 2.50 bits per heavy atom. The van der Waals surface area contributed by atoms with Gasteiger partial charge >= 0.3 is 0 Å². The van der Waals surface area contributed by atoms with E-state index in [2.05, 4.69) is 5.32 Å². The van der Waals surface area contributed by atoms with E-state index in [-0.39, 0.29) is 17.6 Å². The van der Waals surface area contributed by atoms with E-state index in [0.717, 1.165) is 11.3 Å². The number of ether oxygens (including phenoxy) is 1. The van der Waals surface area contributed by atoms with Crippen LogP contribution in [0, 0.1) is 5.82 Å². The maximum atomic E-state index is 13.1. The van der Waals surface area contributed by atoms with Gasteiger partial charge in [0.1, 0.15) is 11.6 Å². The second kappa shape index (κ2) is 9.33. The van der Waals surface area contributed by atoms with Gasteiger partial charge in [0, 0.05) is 11.3 Å². The number of thioether (sulfide) groups is 1. The number of carbonyl (C=O) groups is 2. The molecule has 1 N–H and O–H groups in total. The SMILES string of the molecule is COc1ccc(/C=C2/SC(=S)N(c3cccc(C(=O)Nc4ccc(F)cc4)c3)C2=O)cc1. The molecule has 32 heavy (non-hydrogen) atoms. The summed E-state index contributed by atoms with van der Waals surface area (Å²) in [4.78, 5) is 27.5. The zero-order chi connectivity index (χ0) is 22.7. The molecule has 8 heteroatoms. The van der Waals surface area contributed by atoms with E-state index in [0.29, 0.717) is 26.2 Å². The molecule has 2 amide bonds. The fourth-order valence-electron chi connectivity index (χ4n) is 3.06. The van der Waals surface area contributed by atoms with Crippen molar-refractivity contribution in [1.82, 2.24) is 0 Å². The van der Waals surface area contributed by atoms with E-state index in [9.17, 15) is 14.0 Å². The molecule has 3 aromatic carbocycles. The summed E-state index contributed by atoms with van der Waals surface area (Å²) >= 11 is 6.63. The Labute approximate surface area is 193 Å². The standard InChI is InChI=1S/C24H17FN2O3S2/c1-30-20-11-5-15(6-12-20)13-21-23(29)27(24(31)32-21)19-4-2-3-16(14-19)22(28)26-18-9-7-17(25)8-10-18/h2-14H,1H3,(H,26,28)/b21-13+. The summed E-state index contributed by atoms with van der Waals surface area (Å²) in [5.41, 5.74) is 2.16. The van der Waals surface area contributed by atoms with Crippen LogP contribution in [0.2, 0.25) is 0 Å². The van der Waals surface area contributed by atoms with Gasteiger partial charge in [0.15, 0.2) is 4.32 Å². The van der Waals surface area contributed by atoms with Crippen molar-refractivity contribution in [1.29, 1.82) is 0 Å². The maximum absolute atomic E-state index is 13.1. The minimum atomic E-state index is -0.387. The summed E-state index contributed by atoms with van der Waals surface area (Å²) < 4.78 is 18.6. The van der Waals surface area contributed by atoms with E-state index < -0.39 is 0 Å². The van der Waals surface area contributed by atoms with Crippen LogP contribution in [0.4, 0.5) is 15.8 Å². The average molecular weight is 465 g/mol. The molecule has 0 bridgehead atoms. The molecular formula is C24H17FN2O3S2. The largest absolute Gasteiger partial charge is 0.497 e. The third kappa shape index (κ3) is 4.71. The highest BCUT2D eigenvalue weighted by atomic mass is 32.2. The van der Waals surface area contributed by atoms with Crippen molar-refractivity contribution in [3.05, 3.63) is 94.6 Å². The van der Waals surface area contributed by atoms with Gasteiger partial charge in [-0.25, -0.2) is 4.39 Å². The molecule has 1 saturated heterocycles. The molecule has 0 spiro atoms. The molecule has 1 heterocycles. The number of carbonyl (C=O) groups excluding carboxylic acids is 2. The highest BCUT2D eigenvalue weighted by Gasteiger charge is 2.33. The van der Waals surface area contributed by atoms with Crippen LogP contribution >= 0.6 is 24.0 Å². The van der Waals surface area contributed by atoms with Crippen molar-refractivity contribution < 1.29 is 18.7 Å². The fraction of sp³-hybridized carbons (Fsp3) is 0.0417. The number of nitrogens with zero attached hydrogens (tertiary/aromatic N) is 1. The summed E-state index contributed by atoms with van der Waals surface area (Å²) in [6.07, 6.45) is 1.77. The lowest BCUT2D eigenvalue weighted by Crippen LogP contribution is -2.27. The minimum absolute atomic E-state index is 0.257. The minimum Gasteiger partial charge on any atom is -0.497 e. The second-order valence-corrected chi connectivity index (χ2v) is 8.48. The second-order valence-electron chi connectivity index (χ2n) is 6.80.